The maximum Gasteiger partial charge on any atom is 0.326 e. The van der Waals surface area contributed by atoms with Crippen LogP contribution < -0.4 is 4.74 Å². The summed E-state index contributed by atoms with van der Waals surface area (Å²) in [6, 6.07) is 4.40. The minimum absolute atomic E-state index is 0.000747. The van der Waals surface area contributed by atoms with Crippen molar-refractivity contribution in [3.05, 3.63) is 28.2 Å². The first kappa shape index (κ1) is 15.8. The van der Waals surface area contributed by atoms with Crippen molar-refractivity contribution in [1.29, 1.82) is 0 Å². The minimum Gasteiger partial charge on any atom is -0.491 e. The smallest absolute Gasteiger partial charge is 0.326 e. The highest BCUT2D eigenvalue weighted by atomic mass is 79.9. The van der Waals surface area contributed by atoms with E-state index in [2.05, 4.69) is 15.9 Å². The van der Waals surface area contributed by atoms with Crippen LogP contribution in [0.4, 0.5) is 0 Å². The third-order valence-corrected chi connectivity index (χ3v) is 3.75. The van der Waals surface area contributed by atoms with Gasteiger partial charge in [0, 0.05) is 16.6 Å². The number of rotatable bonds is 4. The second kappa shape index (κ2) is 6.47. The quantitative estimate of drug-likeness (QED) is 0.901. The van der Waals surface area contributed by atoms with E-state index in [1.807, 2.05) is 13.8 Å². The predicted octanol–water partition coefficient (Wildman–Crippen LogP) is 2.93. The van der Waals surface area contributed by atoms with Gasteiger partial charge in [-0.05, 0) is 44.9 Å². The second-order valence-corrected chi connectivity index (χ2v) is 6.25. The molecule has 5 nitrogen and oxygen atoms in total. The Morgan fingerprint density at radius 1 is 1.38 bits per heavy atom. The van der Waals surface area contributed by atoms with Crippen LogP contribution in [0, 0.1) is 0 Å². The molecule has 0 saturated carbocycles. The summed E-state index contributed by atoms with van der Waals surface area (Å²) in [4.78, 5) is 25.2. The van der Waals surface area contributed by atoms with E-state index >= 15 is 0 Å². The molecule has 1 N–H and O–H groups in total. The third-order valence-electron chi connectivity index (χ3n) is 3.29. The average molecular weight is 356 g/mol. The summed E-state index contributed by atoms with van der Waals surface area (Å²) < 4.78 is 6.34. The maximum atomic E-state index is 12.5. The molecule has 114 valence electrons. The van der Waals surface area contributed by atoms with E-state index in [1.54, 1.807) is 18.2 Å². The Balaban J connectivity index is 2.26. The molecule has 1 aromatic rings. The fraction of sp³-hybridized carbons (Fsp3) is 0.467. The molecule has 0 aliphatic carbocycles. The molecule has 0 spiro atoms. The standard InChI is InChI=1S/C15H18BrNO4/c1-9(2)21-12-7-10(6-11(16)8-12)14(18)17-5-3-4-13(17)15(19)20/h6-9,13H,3-5H2,1-2H3,(H,19,20). The number of aliphatic carboxylic acids is 1. The van der Waals surface area contributed by atoms with E-state index in [0.29, 0.717) is 30.7 Å². The molecular weight excluding hydrogens is 338 g/mol. The second-order valence-electron chi connectivity index (χ2n) is 5.34. The van der Waals surface area contributed by atoms with E-state index in [4.69, 9.17) is 4.74 Å². The fourth-order valence-corrected chi connectivity index (χ4v) is 2.93. The first-order chi connectivity index (χ1) is 9.88. The number of carboxylic acid groups (broad SMARTS) is 1. The molecule has 1 aliphatic rings. The number of likely N-dealkylation sites (tertiary alicyclic amines) is 1. The van der Waals surface area contributed by atoms with Gasteiger partial charge in [-0.2, -0.15) is 0 Å². The Hall–Kier alpha value is -1.56. The number of ether oxygens (including phenoxy) is 1. The number of benzene rings is 1. The number of halogens is 1. The fourth-order valence-electron chi connectivity index (χ4n) is 2.46. The minimum atomic E-state index is -0.950. The zero-order chi connectivity index (χ0) is 15.6. The summed E-state index contributed by atoms with van der Waals surface area (Å²) in [5, 5.41) is 9.18. The molecule has 1 fully saturated rings. The molecule has 0 bridgehead atoms. The van der Waals surface area contributed by atoms with E-state index in [-0.39, 0.29) is 12.0 Å². The van der Waals surface area contributed by atoms with Gasteiger partial charge in [-0.15, -0.1) is 0 Å². The summed E-state index contributed by atoms with van der Waals surface area (Å²) in [5.74, 6) is -0.627. The van der Waals surface area contributed by atoms with Gasteiger partial charge >= 0.3 is 5.97 Å². The molecule has 1 unspecified atom stereocenters. The third kappa shape index (κ3) is 3.75. The summed E-state index contributed by atoms with van der Waals surface area (Å²) in [6.45, 7) is 4.29. The maximum absolute atomic E-state index is 12.5. The van der Waals surface area contributed by atoms with Crippen LogP contribution in [-0.4, -0.2) is 40.6 Å². The zero-order valence-corrected chi connectivity index (χ0v) is 13.6. The summed E-state index contributed by atoms with van der Waals surface area (Å²) >= 11 is 3.36. The van der Waals surface area contributed by atoms with E-state index in [0.717, 1.165) is 4.47 Å². The van der Waals surface area contributed by atoms with Gasteiger partial charge < -0.3 is 14.7 Å². The topological polar surface area (TPSA) is 66.8 Å². The molecule has 1 heterocycles. The summed E-state index contributed by atoms with van der Waals surface area (Å²) in [7, 11) is 0. The first-order valence-corrected chi connectivity index (χ1v) is 7.69. The van der Waals surface area contributed by atoms with Crippen LogP contribution in [0.2, 0.25) is 0 Å². The lowest BCUT2D eigenvalue weighted by atomic mass is 10.1. The van der Waals surface area contributed by atoms with Crippen LogP contribution >= 0.6 is 15.9 Å². The molecule has 0 radical (unpaired) electrons. The van der Waals surface area contributed by atoms with Crippen molar-refractivity contribution >= 4 is 27.8 Å². The summed E-state index contributed by atoms with van der Waals surface area (Å²) in [5.41, 5.74) is 0.438. The van der Waals surface area contributed by atoms with Gasteiger partial charge in [0.05, 0.1) is 6.10 Å². The van der Waals surface area contributed by atoms with Crippen molar-refractivity contribution in [2.75, 3.05) is 6.54 Å². The number of carboxylic acids is 1. The van der Waals surface area contributed by atoms with Gasteiger partial charge in [0.1, 0.15) is 11.8 Å². The lowest BCUT2D eigenvalue weighted by Crippen LogP contribution is -2.40. The average Bonchev–Trinajstić information content (AvgIpc) is 2.85. The number of hydrogen-bond donors (Lipinski definition) is 1. The normalized spacial score (nSPS) is 18.1. The predicted molar refractivity (Wildman–Crippen MR) is 81.6 cm³/mol. The first-order valence-electron chi connectivity index (χ1n) is 6.89. The molecule has 1 atom stereocenters. The molecule has 1 aromatic carbocycles. The number of amides is 1. The van der Waals surface area contributed by atoms with Gasteiger partial charge in [0.15, 0.2) is 0 Å². The highest BCUT2D eigenvalue weighted by Gasteiger charge is 2.34. The number of carbonyl (C=O) groups excluding carboxylic acids is 1. The van der Waals surface area contributed by atoms with Crippen molar-refractivity contribution in [1.82, 2.24) is 4.90 Å². The van der Waals surface area contributed by atoms with Crippen molar-refractivity contribution in [3.63, 3.8) is 0 Å². The van der Waals surface area contributed by atoms with Crippen molar-refractivity contribution in [3.8, 4) is 5.75 Å². The molecular formula is C15H18BrNO4. The molecule has 1 saturated heterocycles. The van der Waals surface area contributed by atoms with Gasteiger partial charge in [0.2, 0.25) is 0 Å². The Morgan fingerprint density at radius 3 is 2.71 bits per heavy atom. The van der Waals surface area contributed by atoms with Crippen LogP contribution in [0.3, 0.4) is 0 Å². The van der Waals surface area contributed by atoms with E-state index in [9.17, 15) is 14.7 Å². The Labute approximate surface area is 132 Å². The van der Waals surface area contributed by atoms with Crippen LogP contribution in [0.25, 0.3) is 0 Å². The largest absolute Gasteiger partial charge is 0.491 e. The van der Waals surface area contributed by atoms with E-state index in [1.165, 1.54) is 4.90 Å². The SMILES string of the molecule is CC(C)Oc1cc(Br)cc(C(=O)N2CCCC2C(=O)O)c1. The number of nitrogens with zero attached hydrogens (tertiary/aromatic N) is 1. The number of hydrogen-bond acceptors (Lipinski definition) is 3. The lowest BCUT2D eigenvalue weighted by Gasteiger charge is -2.22. The van der Waals surface area contributed by atoms with Gasteiger partial charge in [-0.3, -0.25) is 4.79 Å². The van der Waals surface area contributed by atoms with Crippen LogP contribution in [0.5, 0.6) is 5.75 Å². The highest BCUT2D eigenvalue weighted by Crippen LogP contribution is 2.26. The molecule has 0 aromatic heterocycles. The van der Waals surface area contributed by atoms with Gasteiger partial charge in [-0.1, -0.05) is 15.9 Å². The monoisotopic (exact) mass is 355 g/mol. The molecule has 21 heavy (non-hydrogen) atoms. The van der Waals surface area contributed by atoms with Gasteiger partial charge in [0.25, 0.3) is 5.91 Å². The lowest BCUT2D eigenvalue weighted by molar-refractivity contribution is -0.141. The Bertz CT molecular complexity index is 559. The van der Waals surface area contributed by atoms with Gasteiger partial charge in [-0.25, -0.2) is 4.79 Å². The van der Waals surface area contributed by atoms with Crippen LogP contribution in [0.15, 0.2) is 22.7 Å². The van der Waals surface area contributed by atoms with Crippen molar-refractivity contribution in [2.45, 2.75) is 38.8 Å². The highest BCUT2D eigenvalue weighted by molar-refractivity contribution is 9.10. The number of carbonyl (C=O) groups is 2. The van der Waals surface area contributed by atoms with Crippen LogP contribution in [0.1, 0.15) is 37.0 Å². The molecule has 1 amide bonds. The van der Waals surface area contributed by atoms with Crippen molar-refractivity contribution in [2.24, 2.45) is 0 Å². The summed E-state index contributed by atoms with van der Waals surface area (Å²) in [6.07, 6.45) is 1.22. The molecule has 6 heteroatoms. The van der Waals surface area contributed by atoms with E-state index < -0.39 is 12.0 Å². The molecule has 1 aliphatic heterocycles. The molecule has 2 rings (SSSR count). The Morgan fingerprint density at radius 2 is 2.10 bits per heavy atom. The zero-order valence-electron chi connectivity index (χ0n) is 12.0. The van der Waals surface area contributed by atoms with Crippen molar-refractivity contribution < 1.29 is 19.4 Å². The Kier molecular flexibility index (Phi) is 4.88. The van der Waals surface area contributed by atoms with Crippen LogP contribution in [-0.2, 0) is 4.79 Å².